The first kappa shape index (κ1) is 16.4. The maximum atomic E-state index is 12.0. The van der Waals surface area contributed by atoms with Gasteiger partial charge in [0.1, 0.15) is 4.88 Å². The Morgan fingerprint density at radius 2 is 1.87 bits per heavy atom. The Balaban J connectivity index is 1.61. The Morgan fingerprint density at radius 1 is 1.17 bits per heavy atom. The summed E-state index contributed by atoms with van der Waals surface area (Å²) in [5, 5.41) is 1.81. The van der Waals surface area contributed by atoms with Crippen LogP contribution in [0.2, 0.25) is 0 Å². The van der Waals surface area contributed by atoms with Gasteiger partial charge in [0.05, 0.1) is 10.6 Å². The molecular formula is C14H14BrN3O3S2. The fourth-order valence-electron chi connectivity index (χ4n) is 1.85. The molecule has 1 aromatic carbocycles. The number of hydrazine groups is 1. The first-order valence-corrected chi connectivity index (χ1v) is 10.0. The van der Waals surface area contributed by atoms with E-state index in [4.69, 9.17) is 0 Å². The number of carbonyl (C=O) groups is 1. The Hall–Kier alpha value is -1.42. The van der Waals surface area contributed by atoms with E-state index in [0.717, 1.165) is 17.3 Å². The number of hydrogen-bond acceptors (Lipinski definition) is 5. The average molecular weight is 416 g/mol. The van der Waals surface area contributed by atoms with Gasteiger partial charge in [0.25, 0.3) is 5.91 Å². The molecule has 1 aliphatic rings. The van der Waals surface area contributed by atoms with Crippen molar-refractivity contribution in [3.63, 3.8) is 0 Å². The minimum Gasteiger partial charge on any atom is -0.298 e. The maximum Gasteiger partial charge on any atom is 0.280 e. The van der Waals surface area contributed by atoms with Gasteiger partial charge in [0.15, 0.2) is 0 Å². The van der Waals surface area contributed by atoms with Crippen LogP contribution in [0.4, 0.5) is 5.69 Å². The Kier molecular flexibility index (Phi) is 4.72. The molecular weight excluding hydrogens is 402 g/mol. The van der Waals surface area contributed by atoms with Crippen LogP contribution in [0.1, 0.15) is 22.5 Å². The van der Waals surface area contributed by atoms with Crippen LogP contribution in [0, 0.1) is 0 Å². The molecule has 1 aromatic heterocycles. The molecule has 0 atom stereocenters. The Labute approximate surface area is 146 Å². The number of hydrogen-bond donors (Lipinski definition) is 3. The number of amides is 1. The molecule has 122 valence electrons. The first-order chi connectivity index (χ1) is 11.0. The molecule has 1 heterocycles. The molecule has 1 saturated carbocycles. The van der Waals surface area contributed by atoms with Gasteiger partial charge >= 0.3 is 0 Å². The van der Waals surface area contributed by atoms with Crippen LogP contribution in [0.3, 0.4) is 0 Å². The van der Waals surface area contributed by atoms with Crippen LogP contribution in [0.15, 0.2) is 45.1 Å². The molecule has 2 aromatic rings. The summed E-state index contributed by atoms with van der Waals surface area (Å²) in [7, 11) is -3.46. The van der Waals surface area contributed by atoms with E-state index in [2.05, 4.69) is 31.5 Å². The second kappa shape index (κ2) is 6.60. The van der Waals surface area contributed by atoms with E-state index in [1.807, 2.05) is 5.38 Å². The number of thiophene rings is 1. The summed E-state index contributed by atoms with van der Waals surface area (Å²) in [6, 6.07) is 8.07. The minimum absolute atomic E-state index is 0.0707. The average Bonchev–Trinajstić information content (AvgIpc) is 3.22. The number of carbonyl (C=O) groups excluding carboxylic acids is 1. The zero-order valence-electron chi connectivity index (χ0n) is 11.9. The van der Waals surface area contributed by atoms with Gasteiger partial charge in [-0.15, -0.1) is 11.3 Å². The van der Waals surface area contributed by atoms with Gasteiger partial charge < -0.3 is 0 Å². The zero-order valence-corrected chi connectivity index (χ0v) is 15.1. The normalized spacial score (nSPS) is 14.5. The van der Waals surface area contributed by atoms with Crippen molar-refractivity contribution in [2.45, 2.75) is 23.8 Å². The summed E-state index contributed by atoms with van der Waals surface area (Å²) < 4.78 is 27.4. The van der Waals surface area contributed by atoms with Crippen molar-refractivity contribution in [1.29, 1.82) is 0 Å². The lowest BCUT2D eigenvalue weighted by molar-refractivity contribution is 0.0966. The summed E-state index contributed by atoms with van der Waals surface area (Å²) >= 11 is 4.62. The second-order valence-corrected chi connectivity index (χ2v) is 8.58. The van der Waals surface area contributed by atoms with Crippen LogP contribution in [-0.2, 0) is 10.0 Å². The smallest absolute Gasteiger partial charge is 0.280 e. The van der Waals surface area contributed by atoms with Crippen LogP contribution in [0.5, 0.6) is 0 Å². The van der Waals surface area contributed by atoms with Crippen LogP contribution >= 0.6 is 27.3 Å². The number of benzene rings is 1. The number of sulfonamides is 1. The van der Waals surface area contributed by atoms with E-state index < -0.39 is 10.0 Å². The largest absolute Gasteiger partial charge is 0.298 e. The molecule has 1 aliphatic carbocycles. The predicted molar refractivity (Wildman–Crippen MR) is 92.9 cm³/mol. The van der Waals surface area contributed by atoms with Gasteiger partial charge in [-0.2, -0.15) is 0 Å². The highest BCUT2D eigenvalue weighted by Gasteiger charge is 2.27. The molecule has 0 radical (unpaired) electrons. The van der Waals surface area contributed by atoms with E-state index in [0.29, 0.717) is 10.6 Å². The lowest BCUT2D eigenvalue weighted by atomic mass is 10.3. The fourth-order valence-corrected chi connectivity index (χ4v) is 4.60. The summed E-state index contributed by atoms with van der Waals surface area (Å²) in [5.41, 5.74) is 5.93. The van der Waals surface area contributed by atoms with E-state index >= 15 is 0 Å². The van der Waals surface area contributed by atoms with E-state index in [1.165, 1.54) is 23.5 Å². The van der Waals surface area contributed by atoms with Gasteiger partial charge in [-0.25, -0.2) is 13.1 Å². The van der Waals surface area contributed by atoms with Crippen LogP contribution in [-0.4, -0.2) is 20.4 Å². The number of halogens is 1. The van der Waals surface area contributed by atoms with Gasteiger partial charge in [-0.3, -0.25) is 15.6 Å². The summed E-state index contributed by atoms with van der Waals surface area (Å²) in [6.07, 6.45) is 1.78. The van der Waals surface area contributed by atoms with Crippen molar-refractivity contribution < 1.29 is 13.2 Å². The third-order valence-electron chi connectivity index (χ3n) is 3.21. The lowest BCUT2D eigenvalue weighted by Crippen LogP contribution is -2.29. The van der Waals surface area contributed by atoms with Crippen LogP contribution < -0.4 is 15.6 Å². The van der Waals surface area contributed by atoms with Crippen molar-refractivity contribution >= 4 is 48.9 Å². The van der Waals surface area contributed by atoms with E-state index in [-0.39, 0.29) is 16.8 Å². The molecule has 3 rings (SSSR count). The van der Waals surface area contributed by atoms with E-state index in [9.17, 15) is 13.2 Å². The first-order valence-electron chi connectivity index (χ1n) is 6.87. The number of rotatable bonds is 6. The third-order valence-corrected chi connectivity index (χ3v) is 6.58. The fraction of sp³-hybridized carbons (Fsp3) is 0.214. The Bertz CT molecular complexity index is 814. The monoisotopic (exact) mass is 415 g/mol. The van der Waals surface area contributed by atoms with Crippen molar-refractivity contribution in [3.05, 3.63) is 45.1 Å². The SMILES string of the molecule is O=C(NNc1ccc(S(=O)(=O)NC2CC2)cc1)c1sccc1Br. The lowest BCUT2D eigenvalue weighted by Gasteiger charge is -2.09. The Morgan fingerprint density at radius 3 is 2.43 bits per heavy atom. The standard InChI is InChI=1S/C14H14BrN3O3S2/c15-12-7-8-22-13(12)14(19)17-16-9-3-5-11(6-4-9)23(20,21)18-10-1-2-10/h3-8,10,16,18H,1-2H2,(H,17,19). The molecule has 3 N–H and O–H groups in total. The summed E-state index contributed by atoms with van der Waals surface area (Å²) in [4.78, 5) is 12.7. The van der Waals surface area contributed by atoms with Crippen molar-refractivity contribution in [2.75, 3.05) is 5.43 Å². The molecule has 23 heavy (non-hydrogen) atoms. The zero-order chi connectivity index (χ0) is 16.4. The van der Waals surface area contributed by atoms with Crippen LogP contribution in [0.25, 0.3) is 0 Å². The third kappa shape index (κ3) is 4.11. The second-order valence-electron chi connectivity index (χ2n) is 5.10. The van der Waals surface area contributed by atoms with Crippen molar-refractivity contribution in [3.8, 4) is 0 Å². The maximum absolute atomic E-state index is 12.0. The molecule has 1 fully saturated rings. The van der Waals surface area contributed by atoms with Crippen molar-refractivity contribution in [2.24, 2.45) is 0 Å². The summed E-state index contributed by atoms with van der Waals surface area (Å²) in [6.45, 7) is 0. The predicted octanol–water partition coefficient (Wildman–Crippen LogP) is 2.71. The molecule has 0 aliphatic heterocycles. The molecule has 9 heteroatoms. The highest BCUT2D eigenvalue weighted by molar-refractivity contribution is 9.10. The molecule has 0 saturated heterocycles. The molecule has 0 unspecified atom stereocenters. The van der Waals surface area contributed by atoms with E-state index in [1.54, 1.807) is 18.2 Å². The molecule has 0 spiro atoms. The van der Waals surface area contributed by atoms with Gasteiger partial charge in [-0.1, -0.05) is 0 Å². The molecule has 1 amide bonds. The topological polar surface area (TPSA) is 87.3 Å². The van der Waals surface area contributed by atoms with Gasteiger partial charge in [0, 0.05) is 10.5 Å². The number of nitrogens with one attached hydrogen (secondary N) is 3. The highest BCUT2D eigenvalue weighted by Crippen LogP contribution is 2.23. The molecule has 6 nitrogen and oxygen atoms in total. The molecule has 0 bridgehead atoms. The minimum atomic E-state index is -3.46. The summed E-state index contributed by atoms with van der Waals surface area (Å²) in [5.74, 6) is -0.265. The quantitative estimate of drug-likeness (QED) is 0.632. The number of anilines is 1. The van der Waals surface area contributed by atoms with Gasteiger partial charge in [0.2, 0.25) is 10.0 Å². The van der Waals surface area contributed by atoms with Gasteiger partial charge in [-0.05, 0) is 64.5 Å². The highest BCUT2D eigenvalue weighted by atomic mass is 79.9. The van der Waals surface area contributed by atoms with Crippen molar-refractivity contribution in [1.82, 2.24) is 10.1 Å².